The molecule has 71 heavy (non-hydrogen) atoms. The molecule has 0 aliphatic heterocycles. The number of rotatable bonds is 1. The van der Waals surface area contributed by atoms with Crippen LogP contribution in [0.5, 0.6) is 0 Å². The van der Waals surface area contributed by atoms with Gasteiger partial charge in [-0.3, -0.25) is 0 Å². The quantitative estimate of drug-likeness (QED) is 0.154. The van der Waals surface area contributed by atoms with Gasteiger partial charge in [0.15, 0.2) is 20.5 Å². The first-order valence-corrected chi connectivity index (χ1v) is 27.5. The summed E-state index contributed by atoms with van der Waals surface area (Å²) in [5, 5.41) is 8.63. The van der Waals surface area contributed by atoms with E-state index in [-0.39, 0.29) is 16.7 Å². The highest BCUT2D eigenvalue weighted by atomic mass is 79.9. The fourth-order valence-electron chi connectivity index (χ4n) is 11.8. The largest absolute Gasteiger partial charge is 0.625 e. The average molecular weight is 1020 g/mol. The zero-order chi connectivity index (χ0) is 48.6. The van der Waals surface area contributed by atoms with E-state index in [1.165, 1.54) is 71.6 Å². The van der Waals surface area contributed by atoms with Gasteiger partial charge < -0.3 is 9.79 Å². The van der Waals surface area contributed by atoms with Crippen molar-refractivity contribution in [3.63, 3.8) is 0 Å². The Morgan fingerprint density at radius 1 is 0.437 bits per heavy atom. The first-order valence-electron chi connectivity index (χ1n) is 24.2. The molecule has 10 aromatic carbocycles. The molecule has 0 radical (unpaired) electrons. The summed E-state index contributed by atoms with van der Waals surface area (Å²) in [6, 6.07) is 71.7. The third kappa shape index (κ3) is 7.75. The highest BCUT2D eigenvalue weighted by Crippen LogP contribution is 2.52. The second kappa shape index (κ2) is 17.9. The van der Waals surface area contributed by atoms with Crippen molar-refractivity contribution in [3.8, 4) is 0 Å². The van der Waals surface area contributed by atoms with Gasteiger partial charge in [-0.05, 0) is 133 Å². The summed E-state index contributed by atoms with van der Waals surface area (Å²) in [6.45, 7) is 9.40. The summed E-state index contributed by atoms with van der Waals surface area (Å²) in [5.41, 5.74) is 15.8. The van der Waals surface area contributed by atoms with Crippen LogP contribution in [0.1, 0.15) is 83.7 Å². The number of nitrogens with zero attached hydrogens (tertiary/aromatic N) is 2. The number of hydrogen-bond donors (Lipinski definition) is 0. The molecule has 2 heterocycles. The van der Waals surface area contributed by atoms with Gasteiger partial charge in [-0.1, -0.05) is 195 Å². The summed E-state index contributed by atoms with van der Waals surface area (Å²) in [4.78, 5) is 35.0. The molecular formula is C64H49BrN2O2P2. The maximum absolute atomic E-state index is 13.3. The van der Waals surface area contributed by atoms with Gasteiger partial charge in [0, 0.05) is 21.2 Å². The third-order valence-electron chi connectivity index (χ3n) is 14.9. The van der Waals surface area contributed by atoms with Gasteiger partial charge in [-0.15, -0.1) is 0 Å². The van der Waals surface area contributed by atoms with Gasteiger partial charge in [-0.25, -0.2) is 9.97 Å². The second-order valence-electron chi connectivity index (χ2n) is 19.8. The van der Waals surface area contributed by atoms with Crippen molar-refractivity contribution in [2.45, 2.75) is 50.9 Å². The minimum atomic E-state index is -1.64. The van der Waals surface area contributed by atoms with Crippen LogP contribution < -0.4 is 9.79 Å². The van der Waals surface area contributed by atoms with Crippen LogP contribution in [0.3, 0.4) is 0 Å². The maximum atomic E-state index is 13.3. The molecule has 0 spiro atoms. The smallest absolute Gasteiger partial charge is 0.171 e. The lowest BCUT2D eigenvalue weighted by Gasteiger charge is -2.40. The van der Waals surface area contributed by atoms with Crippen LogP contribution in [0, 0.1) is 0 Å². The van der Waals surface area contributed by atoms with Crippen molar-refractivity contribution < 1.29 is 9.79 Å². The Kier molecular flexibility index (Phi) is 11.4. The zero-order valence-corrected chi connectivity index (χ0v) is 43.3. The minimum absolute atomic E-state index is 0.0744. The van der Waals surface area contributed by atoms with Gasteiger partial charge in [-0.2, -0.15) is 0 Å². The van der Waals surface area contributed by atoms with Gasteiger partial charge in [0.2, 0.25) is 0 Å². The second-order valence-corrected chi connectivity index (χ2v) is 23.9. The number of benzene rings is 10. The van der Waals surface area contributed by atoms with E-state index in [0.29, 0.717) is 0 Å². The molecule has 0 saturated heterocycles. The van der Waals surface area contributed by atoms with E-state index in [2.05, 4.69) is 182 Å². The molecule has 14 rings (SSSR count). The molecule has 0 fully saturated rings. The number of para-hydroxylation sites is 2. The summed E-state index contributed by atoms with van der Waals surface area (Å²) in [5.74, 6) is 0.0920. The van der Waals surface area contributed by atoms with Crippen LogP contribution in [-0.2, 0) is 17.3 Å². The average Bonchev–Trinajstić information content (AvgIpc) is 3.39. The standard InChI is InChI=1S/C32H24NOP.C20H18.C12H7BrNOP/c1-32(2)25-12-6-5-11-23(25)30(24-17-15-20-9-3-4-10-22(20)31(24)32)21-16-18-29-27(19-21)33-26-13-7-8-14-28(26)35(29)34;1-20(2)18-10-6-4-8-15(18)13-16-12-11-14-7-3-5-9-17(14)19(16)20;13-8-5-6-12-10(7-8)14-9-3-1-2-4-11(9)16(12)15/h3-19,30H,1-2H3;3-12H,13H2,1-2H3;1-7H. The van der Waals surface area contributed by atoms with Crippen molar-refractivity contribution in [3.05, 3.63) is 261 Å². The van der Waals surface area contributed by atoms with Crippen LogP contribution in [0.2, 0.25) is 0 Å². The van der Waals surface area contributed by atoms with Gasteiger partial charge >= 0.3 is 0 Å². The summed E-state index contributed by atoms with van der Waals surface area (Å²) >= 11 is 3.40. The minimum Gasteiger partial charge on any atom is -0.625 e. The molecule has 3 atom stereocenters. The lowest BCUT2D eigenvalue weighted by Crippen LogP contribution is -2.30. The molecule has 2 aromatic heterocycles. The van der Waals surface area contributed by atoms with Crippen molar-refractivity contribution in [2.75, 3.05) is 0 Å². The number of hydrogen-bond acceptors (Lipinski definition) is 4. The molecule has 0 N–H and O–H groups in total. The SMILES string of the molecule is CC1(C)c2ccccc2C(c2ccc3c(c2)nc2ccccc2[p+]3[O-])c2ccc3ccccc3c21.CC1(C)c2ccccc2Cc2ccc3ccccc3c21.[O-][p+]1c2ccccc2nc2cc(Br)ccc21. The molecule has 4 nitrogen and oxygen atoms in total. The predicted octanol–water partition coefficient (Wildman–Crippen LogP) is 16.4. The Morgan fingerprint density at radius 2 is 0.944 bits per heavy atom. The molecular weight excluding hydrogens is 971 g/mol. The maximum Gasteiger partial charge on any atom is 0.171 e. The molecule has 0 amide bonds. The van der Waals surface area contributed by atoms with E-state index < -0.39 is 15.5 Å². The molecule has 0 bridgehead atoms. The normalized spacial score (nSPS) is 15.5. The first kappa shape index (κ1) is 45.5. The van der Waals surface area contributed by atoms with Crippen LogP contribution in [0.25, 0.3) is 64.1 Å². The number of halogens is 1. The Morgan fingerprint density at radius 3 is 1.63 bits per heavy atom. The predicted molar refractivity (Wildman–Crippen MR) is 300 cm³/mol. The number of fused-ring (bicyclic) bond motifs is 12. The third-order valence-corrected chi connectivity index (χ3v) is 18.7. The monoisotopic (exact) mass is 1020 g/mol. The van der Waals surface area contributed by atoms with Gasteiger partial charge in [0.25, 0.3) is 0 Å². The Labute approximate surface area is 424 Å². The first-order chi connectivity index (χ1) is 34.5. The van der Waals surface area contributed by atoms with E-state index in [1.807, 2.05) is 72.8 Å². The van der Waals surface area contributed by atoms with E-state index in [9.17, 15) is 9.79 Å². The highest BCUT2D eigenvalue weighted by Gasteiger charge is 2.39. The lowest BCUT2D eigenvalue weighted by atomic mass is 9.63. The molecule has 2 aliphatic carbocycles. The van der Waals surface area contributed by atoms with Gasteiger partial charge in [0.05, 0.1) is 0 Å². The fraction of sp³-hybridized carbons (Fsp3) is 0.125. The Bertz CT molecular complexity index is 4110. The zero-order valence-electron chi connectivity index (χ0n) is 39.9. The van der Waals surface area contributed by atoms with Crippen molar-refractivity contribution in [2.24, 2.45) is 0 Å². The lowest BCUT2D eigenvalue weighted by molar-refractivity contribution is -0.149. The molecule has 2 aliphatic rings. The van der Waals surface area contributed by atoms with Crippen molar-refractivity contribution in [1.82, 2.24) is 9.97 Å². The summed E-state index contributed by atoms with van der Waals surface area (Å²) in [6.07, 6.45) is 1.06. The van der Waals surface area contributed by atoms with E-state index >= 15 is 0 Å². The topological polar surface area (TPSA) is 71.9 Å². The summed E-state index contributed by atoms with van der Waals surface area (Å²) in [7, 11) is -3.14. The van der Waals surface area contributed by atoms with Crippen molar-refractivity contribution >= 4 is 95.5 Å². The summed E-state index contributed by atoms with van der Waals surface area (Å²) < 4.78 is 0.956. The van der Waals surface area contributed by atoms with E-state index in [1.54, 1.807) is 0 Å². The van der Waals surface area contributed by atoms with E-state index in [0.717, 1.165) is 53.4 Å². The molecule has 3 unspecified atom stereocenters. The molecule has 0 saturated carbocycles. The Hall–Kier alpha value is -6.68. The number of aromatic nitrogens is 2. The molecule has 7 heteroatoms. The Balaban J connectivity index is 0.000000121. The fourth-order valence-corrected chi connectivity index (χ4v) is 14.8. The van der Waals surface area contributed by atoms with Crippen LogP contribution >= 0.6 is 31.5 Å². The molecule has 344 valence electrons. The van der Waals surface area contributed by atoms with E-state index in [4.69, 9.17) is 4.98 Å². The van der Waals surface area contributed by atoms with Crippen LogP contribution in [0.15, 0.2) is 211 Å². The van der Waals surface area contributed by atoms with Crippen LogP contribution in [-0.4, -0.2) is 9.97 Å². The van der Waals surface area contributed by atoms with Gasteiger partial charge in [0.1, 0.15) is 37.6 Å². The highest BCUT2D eigenvalue weighted by molar-refractivity contribution is 9.10. The van der Waals surface area contributed by atoms with Crippen LogP contribution in [0.4, 0.5) is 0 Å². The van der Waals surface area contributed by atoms with Crippen molar-refractivity contribution in [1.29, 1.82) is 0 Å². The molecule has 12 aromatic rings.